The molecule has 0 fully saturated rings. The highest BCUT2D eigenvalue weighted by Crippen LogP contribution is 2.19. The van der Waals surface area contributed by atoms with Crippen molar-refractivity contribution in [2.24, 2.45) is 0 Å². The first-order valence-corrected chi connectivity index (χ1v) is 7.53. The highest BCUT2D eigenvalue weighted by atomic mass is 16.5. The highest BCUT2D eigenvalue weighted by Gasteiger charge is 2.21. The van der Waals surface area contributed by atoms with Crippen molar-refractivity contribution in [3.63, 3.8) is 0 Å². The van der Waals surface area contributed by atoms with E-state index in [1.165, 1.54) is 4.90 Å². The summed E-state index contributed by atoms with van der Waals surface area (Å²) < 4.78 is 6.86. The van der Waals surface area contributed by atoms with Gasteiger partial charge in [-0.1, -0.05) is 13.3 Å². The predicted molar refractivity (Wildman–Crippen MR) is 79.7 cm³/mol. The van der Waals surface area contributed by atoms with Crippen molar-refractivity contribution in [1.82, 2.24) is 14.5 Å². The Hall–Kier alpha value is -1.85. The Bertz CT molecular complexity index is 431. The Balaban J connectivity index is 2.64. The largest absolute Gasteiger partial charge is 0.465 e. The number of carbonyl (C=O) groups excluding carboxylic acids is 2. The van der Waals surface area contributed by atoms with Crippen LogP contribution in [0.25, 0.3) is 0 Å². The number of rotatable bonds is 9. The maximum atomic E-state index is 12.4. The summed E-state index contributed by atoms with van der Waals surface area (Å²) in [5.74, 6) is -0.389. The summed E-state index contributed by atoms with van der Waals surface area (Å²) in [5, 5.41) is 0. The maximum absolute atomic E-state index is 12.4. The fourth-order valence-corrected chi connectivity index (χ4v) is 2.24. The van der Waals surface area contributed by atoms with Crippen LogP contribution in [-0.2, 0) is 14.3 Å². The standard InChI is InChI=1S/C15H25N3O3/c1-4-7-13(18-9-8-16-12-18)10-14(19)17(5-2)11-15(20)21-6-3/h8-9,12-13H,4-7,10-11H2,1-3H3. The van der Waals surface area contributed by atoms with Crippen LogP contribution in [0.15, 0.2) is 18.7 Å². The number of nitrogens with zero attached hydrogens (tertiary/aromatic N) is 3. The number of carbonyl (C=O) groups is 2. The summed E-state index contributed by atoms with van der Waals surface area (Å²) >= 11 is 0. The van der Waals surface area contributed by atoms with E-state index in [2.05, 4.69) is 11.9 Å². The second kappa shape index (κ2) is 9.15. The molecule has 1 unspecified atom stereocenters. The molecule has 0 N–H and O–H groups in total. The lowest BCUT2D eigenvalue weighted by atomic mass is 10.1. The smallest absolute Gasteiger partial charge is 0.325 e. The van der Waals surface area contributed by atoms with Crippen molar-refractivity contribution in [1.29, 1.82) is 0 Å². The SMILES string of the molecule is CCCC(CC(=O)N(CC)CC(=O)OCC)n1ccnc1. The molecule has 0 aliphatic carbocycles. The topological polar surface area (TPSA) is 64.4 Å². The highest BCUT2D eigenvalue weighted by molar-refractivity contribution is 5.82. The van der Waals surface area contributed by atoms with E-state index in [9.17, 15) is 9.59 Å². The lowest BCUT2D eigenvalue weighted by Gasteiger charge is -2.24. The van der Waals surface area contributed by atoms with Gasteiger partial charge in [-0.3, -0.25) is 9.59 Å². The number of hydrogen-bond donors (Lipinski definition) is 0. The van der Waals surface area contributed by atoms with E-state index in [-0.39, 0.29) is 24.5 Å². The fraction of sp³-hybridized carbons (Fsp3) is 0.667. The first-order valence-electron chi connectivity index (χ1n) is 7.53. The van der Waals surface area contributed by atoms with Crippen molar-refractivity contribution < 1.29 is 14.3 Å². The van der Waals surface area contributed by atoms with Crippen LogP contribution in [-0.4, -0.2) is 46.0 Å². The van der Waals surface area contributed by atoms with Gasteiger partial charge in [-0.25, -0.2) is 4.98 Å². The zero-order chi connectivity index (χ0) is 15.7. The van der Waals surface area contributed by atoms with E-state index >= 15 is 0 Å². The monoisotopic (exact) mass is 295 g/mol. The van der Waals surface area contributed by atoms with Crippen LogP contribution in [0, 0.1) is 0 Å². The third-order valence-electron chi connectivity index (χ3n) is 3.34. The van der Waals surface area contributed by atoms with Gasteiger partial charge >= 0.3 is 5.97 Å². The lowest BCUT2D eigenvalue weighted by molar-refractivity contribution is -0.149. The summed E-state index contributed by atoms with van der Waals surface area (Å²) in [7, 11) is 0. The molecule has 0 aromatic carbocycles. The molecule has 0 spiro atoms. The Morgan fingerprint density at radius 1 is 1.33 bits per heavy atom. The number of amides is 1. The molecule has 1 atom stereocenters. The minimum absolute atomic E-state index is 0.0198. The van der Waals surface area contributed by atoms with Crippen molar-refractivity contribution in [3.8, 4) is 0 Å². The average molecular weight is 295 g/mol. The second-order valence-electron chi connectivity index (χ2n) is 4.87. The number of aromatic nitrogens is 2. The molecule has 118 valence electrons. The van der Waals surface area contributed by atoms with Gasteiger partial charge in [0.25, 0.3) is 0 Å². The quantitative estimate of drug-likeness (QED) is 0.654. The average Bonchev–Trinajstić information content (AvgIpc) is 2.98. The molecule has 0 aliphatic heterocycles. The number of esters is 1. The van der Waals surface area contributed by atoms with Crippen LogP contribution in [0.3, 0.4) is 0 Å². The molecular weight excluding hydrogens is 270 g/mol. The van der Waals surface area contributed by atoms with Gasteiger partial charge in [0.1, 0.15) is 6.54 Å². The molecular formula is C15H25N3O3. The van der Waals surface area contributed by atoms with E-state index in [0.29, 0.717) is 19.6 Å². The first-order chi connectivity index (χ1) is 10.1. The van der Waals surface area contributed by atoms with Gasteiger partial charge in [-0.15, -0.1) is 0 Å². The summed E-state index contributed by atoms with van der Waals surface area (Å²) in [6, 6.07) is 0.0845. The van der Waals surface area contributed by atoms with Gasteiger partial charge in [0.05, 0.1) is 12.9 Å². The van der Waals surface area contributed by atoms with E-state index < -0.39 is 0 Å². The molecule has 0 bridgehead atoms. The number of likely N-dealkylation sites (N-methyl/N-ethyl adjacent to an activating group) is 1. The molecule has 0 aliphatic rings. The summed E-state index contributed by atoms with van der Waals surface area (Å²) in [6.45, 7) is 6.56. The van der Waals surface area contributed by atoms with Gasteiger partial charge in [0.2, 0.25) is 5.91 Å². The zero-order valence-electron chi connectivity index (χ0n) is 13.1. The van der Waals surface area contributed by atoms with Crippen molar-refractivity contribution >= 4 is 11.9 Å². The van der Waals surface area contributed by atoms with Crippen molar-refractivity contribution in [2.45, 2.75) is 46.1 Å². The molecule has 1 aromatic heterocycles. The molecule has 6 heteroatoms. The molecule has 1 rings (SSSR count). The van der Waals surface area contributed by atoms with Crippen LogP contribution < -0.4 is 0 Å². The van der Waals surface area contributed by atoms with E-state index in [1.54, 1.807) is 19.4 Å². The van der Waals surface area contributed by atoms with Crippen LogP contribution >= 0.6 is 0 Å². The Morgan fingerprint density at radius 3 is 2.62 bits per heavy atom. The summed E-state index contributed by atoms with van der Waals surface area (Å²) in [4.78, 5) is 29.5. The molecule has 1 heterocycles. The normalized spacial score (nSPS) is 12.0. The van der Waals surface area contributed by atoms with Gasteiger partial charge in [-0.2, -0.15) is 0 Å². The summed E-state index contributed by atoms with van der Waals surface area (Å²) in [5.41, 5.74) is 0. The summed E-state index contributed by atoms with van der Waals surface area (Å²) in [6.07, 6.45) is 7.57. The molecule has 0 saturated carbocycles. The second-order valence-corrected chi connectivity index (χ2v) is 4.87. The zero-order valence-corrected chi connectivity index (χ0v) is 13.1. The minimum Gasteiger partial charge on any atom is -0.465 e. The third kappa shape index (κ3) is 5.57. The molecule has 1 aromatic rings. The maximum Gasteiger partial charge on any atom is 0.325 e. The van der Waals surface area contributed by atoms with Crippen LogP contribution in [0.1, 0.15) is 46.1 Å². The molecule has 0 saturated heterocycles. The van der Waals surface area contributed by atoms with Gasteiger partial charge in [0.15, 0.2) is 0 Å². The van der Waals surface area contributed by atoms with Gasteiger partial charge in [0, 0.05) is 31.4 Å². The van der Waals surface area contributed by atoms with E-state index in [0.717, 1.165) is 12.8 Å². The Kier molecular flexibility index (Phi) is 7.50. The molecule has 1 amide bonds. The van der Waals surface area contributed by atoms with Crippen LogP contribution in [0.4, 0.5) is 0 Å². The van der Waals surface area contributed by atoms with Gasteiger partial charge in [-0.05, 0) is 20.3 Å². The fourth-order valence-electron chi connectivity index (χ4n) is 2.24. The minimum atomic E-state index is -0.359. The number of ether oxygens (including phenoxy) is 1. The van der Waals surface area contributed by atoms with E-state index in [4.69, 9.17) is 4.74 Å². The Labute approximate surface area is 126 Å². The first kappa shape index (κ1) is 17.2. The van der Waals surface area contributed by atoms with Crippen LogP contribution in [0.2, 0.25) is 0 Å². The van der Waals surface area contributed by atoms with E-state index in [1.807, 2.05) is 17.7 Å². The molecule has 6 nitrogen and oxygen atoms in total. The lowest BCUT2D eigenvalue weighted by Crippen LogP contribution is -2.37. The number of imidazole rings is 1. The molecule has 21 heavy (non-hydrogen) atoms. The molecule has 0 radical (unpaired) electrons. The number of hydrogen-bond acceptors (Lipinski definition) is 4. The predicted octanol–water partition coefficient (Wildman–Crippen LogP) is 2.03. The van der Waals surface area contributed by atoms with Crippen LogP contribution in [0.5, 0.6) is 0 Å². The third-order valence-corrected chi connectivity index (χ3v) is 3.34. The van der Waals surface area contributed by atoms with Crippen molar-refractivity contribution in [3.05, 3.63) is 18.7 Å². The van der Waals surface area contributed by atoms with Gasteiger partial charge < -0.3 is 14.2 Å². The van der Waals surface area contributed by atoms with Crippen molar-refractivity contribution in [2.75, 3.05) is 19.7 Å². The Morgan fingerprint density at radius 2 is 2.10 bits per heavy atom.